The number of carbonyl (C=O) groups is 1. The molecular weight excluding hydrogens is 356 g/mol. The molecule has 1 aliphatic rings. The van der Waals surface area contributed by atoms with Gasteiger partial charge in [0.25, 0.3) is 0 Å². The van der Waals surface area contributed by atoms with Gasteiger partial charge in [0.1, 0.15) is 5.60 Å². The maximum Gasteiger partial charge on any atom is 0.411 e. The van der Waals surface area contributed by atoms with E-state index in [0.29, 0.717) is 18.2 Å². The number of hydrogen-bond acceptors (Lipinski definition) is 3. The summed E-state index contributed by atoms with van der Waals surface area (Å²) in [6, 6.07) is 5.47. The number of benzene rings is 1. The lowest BCUT2D eigenvalue weighted by Gasteiger charge is -2.26. The Bertz CT molecular complexity index is 655. The van der Waals surface area contributed by atoms with Crippen molar-refractivity contribution in [2.45, 2.75) is 45.8 Å². The lowest BCUT2D eigenvalue weighted by atomic mass is 10.1. The van der Waals surface area contributed by atoms with Crippen molar-refractivity contribution in [3.63, 3.8) is 0 Å². The summed E-state index contributed by atoms with van der Waals surface area (Å²) < 4.78 is 6.40. The van der Waals surface area contributed by atoms with Gasteiger partial charge >= 0.3 is 6.09 Å². The highest BCUT2D eigenvalue weighted by Crippen LogP contribution is 2.25. The summed E-state index contributed by atoms with van der Waals surface area (Å²) in [5, 5.41) is 0. The largest absolute Gasteiger partial charge is 0.444 e. The van der Waals surface area contributed by atoms with E-state index >= 15 is 0 Å². The maximum absolute atomic E-state index is 12.3. The second kappa shape index (κ2) is 6.84. The molecule has 5 heteroatoms. The standard InChI is InChI=1S/C18H23BrN2O2/c1-12-9-15(21(11-12)17(22)23-18(2,3)4)8-6-13-5-7-14(19)10-16(13)20/h5,7,10,12,15H,9,11,20H2,1-4H3/t12-,15+/m0/s1. The van der Waals surface area contributed by atoms with Crippen LogP contribution < -0.4 is 5.73 Å². The number of anilines is 1. The van der Waals surface area contributed by atoms with Crippen molar-refractivity contribution < 1.29 is 9.53 Å². The van der Waals surface area contributed by atoms with E-state index < -0.39 is 5.60 Å². The summed E-state index contributed by atoms with van der Waals surface area (Å²) in [4.78, 5) is 14.1. The van der Waals surface area contributed by atoms with Crippen molar-refractivity contribution in [1.82, 2.24) is 4.90 Å². The van der Waals surface area contributed by atoms with Gasteiger partial charge in [-0.1, -0.05) is 34.7 Å². The first-order valence-corrected chi connectivity index (χ1v) is 8.51. The molecule has 2 rings (SSSR count). The Morgan fingerprint density at radius 3 is 2.74 bits per heavy atom. The van der Waals surface area contributed by atoms with E-state index in [9.17, 15) is 4.79 Å². The number of ether oxygens (including phenoxy) is 1. The number of halogens is 1. The normalized spacial score (nSPS) is 20.8. The van der Waals surface area contributed by atoms with Gasteiger partial charge < -0.3 is 10.5 Å². The molecule has 1 aromatic carbocycles. The Morgan fingerprint density at radius 2 is 2.13 bits per heavy atom. The Kier molecular flexibility index (Phi) is 5.26. The first kappa shape index (κ1) is 17.7. The van der Waals surface area contributed by atoms with Gasteiger partial charge in [-0.2, -0.15) is 0 Å². The molecule has 0 saturated carbocycles. The Morgan fingerprint density at radius 1 is 1.43 bits per heavy atom. The van der Waals surface area contributed by atoms with Crippen LogP contribution >= 0.6 is 15.9 Å². The number of rotatable bonds is 0. The molecule has 1 aromatic rings. The molecule has 0 aromatic heterocycles. The fraction of sp³-hybridized carbons (Fsp3) is 0.500. The van der Waals surface area contributed by atoms with Crippen LogP contribution in [0, 0.1) is 17.8 Å². The van der Waals surface area contributed by atoms with Crippen LogP contribution in [0.1, 0.15) is 39.7 Å². The summed E-state index contributed by atoms with van der Waals surface area (Å²) in [6.07, 6.45) is 0.549. The third-order valence-electron chi connectivity index (χ3n) is 3.53. The molecule has 1 aliphatic heterocycles. The lowest BCUT2D eigenvalue weighted by Crippen LogP contribution is -2.39. The second-order valence-electron chi connectivity index (χ2n) is 6.99. The van der Waals surface area contributed by atoms with Gasteiger partial charge in [-0.25, -0.2) is 4.79 Å². The molecule has 124 valence electrons. The minimum Gasteiger partial charge on any atom is -0.444 e. The number of hydrogen-bond donors (Lipinski definition) is 1. The SMILES string of the molecule is C[C@H]1C[C@@H](C#Cc2ccc(Br)cc2N)N(C(=O)OC(C)(C)C)C1. The van der Waals surface area contributed by atoms with Crippen molar-refractivity contribution in [2.24, 2.45) is 5.92 Å². The zero-order valence-corrected chi connectivity index (χ0v) is 15.6. The van der Waals surface area contributed by atoms with Crippen LogP contribution in [0.3, 0.4) is 0 Å². The highest BCUT2D eigenvalue weighted by Gasteiger charge is 2.34. The van der Waals surface area contributed by atoms with Crippen molar-refractivity contribution in [3.05, 3.63) is 28.2 Å². The minimum atomic E-state index is -0.503. The summed E-state index contributed by atoms with van der Waals surface area (Å²) in [7, 11) is 0. The van der Waals surface area contributed by atoms with Crippen LogP contribution in [-0.4, -0.2) is 29.2 Å². The average Bonchev–Trinajstić information content (AvgIpc) is 2.77. The molecule has 0 spiro atoms. The van der Waals surface area contributed by atoms with Crippen molar-refractivity contribution >= 4 is 27.7 Å². The molecule has 23 heavy (non-hydrogen) atoms. The second-order valence-corrected chi connectivity index (χ2v) is 7.91. The van der Waals surface area contributed by atoms with Crippen LogP contribution in [0.25, 0.3) is 0 Å². The summed E-state index contributed by atoms with van der Waals surface area (Å²) in [5.41, 5.74) is 6.87. The highest BCUT2D eigenvalue weighted by atomic mass is 79.9. The van der Waals surface area contributed by atoms with E-state index in [1.54, 1.807) is 4.90 Å². The number of nitrogen functional groups attached to an aromatic ring is 1. The van der Waals surface area contributed by atoms with E-state index in [4.69, 9.17) is 10.5 Å². The number of carbonyl (C=O) groups excluding carboxylic acids is 1. The third kappa shape index (κ3) is 4.90. The van der Waals surface area contributed by atoms with Gasteiger partial charge in [0.05, 0.1) is 6.04 Å². The maximum atomic E-state index is 12.3. The van der Waals surface area contributed by atoms with Crippen molar-refractivity contribution in [1.29, 1.82) is 0 Å². The summed E-state index contributed by atoms with van der Waals surface area (Å²) >= 11 is 3.38. The van der Waals surface area contributed by atoms with Crippen LogP contribution in [0.5, 0.6) is 0 Å². The van der Waals surface area contributed by atoms with Crippen LogP contribution in [0.2, 0.25) is 0 Å². The molecule has 1 fully saturated rings. The predicted molar refractivity (Wildman–Crippen MR) is 95.9 cm³/mol. The molecular formula is C18H23BrN2O2. The van der Waals surface area contributed by atoms with Gasteiger partial charge in [0.2, 0.25) is 0 Å². The Labute approximate surface area is 146 Å². The van der Waals surface area contributed by atoms with Gasteiger partial charge in [0, 0.05) is 22.3 Å². The van der Waals surface area contributed by atoms with Crippen molar-refractivity contribution in [2.75, 3.05) is 12.3 Å². The minimum absolute atomic E-state index is 0.136. The van der Waals surface area contributed by atoms with E-state index in [-0.39, 0.29) is 12.1 Å². The fourth-order valence-corrected chi connectivity index (χ4v) is 2.89. The first-order valence-electron chi connectivity index (χ1n) is 7.72. The molecule has 1 heterocycles. The molecule has 0 aliphatic carbocycles. The Balaban J connectivity index is 2.17. The van der Waals surface area contributed by atoms with Crippen LogP contribution in [-0.2, 0) is 4.74 Å². The molecule has 0 bridgehead atoms. The molecule has 0 unspecified atom stereocenters. The number of nitrogens with two attached hydrogens (primary N) is 1. The molecule has 1 amide bonds. The third-order valence-corrected chi connectivity index (χ3v) is 4.02. The zero-order chi connectivity index (χ0) is 17.2. The van der Waals surface area contributed by atoms with E-state index in [1.807, 2.05) is 39.0 Å². The van der Waals surface area contributed by atoms with E-state index in [1.165, 1.54) is 0 Å². The lowest BCUT2D eigenvalue weighted by molar-refractivity contribution is 0.0256. The van der Waals surface area contributed by atoms with E-state index in [0.717, 1.165) is 16.5 Å². The molecule has 2 N–H and O–H groups in total. The predicted octanol–water partition coefficient (Wildman–Crippen LogP) is 4.03. The van der Waals surface area contributed by atoms with E-state index in [2.05, 4.69) is 34.7 Å². The number of nitrogens with zero attached hydrogens (tertiary/aromatic N) is 1. The first-order chi connectivity index (χ1) is 10.7. The number of likely N-dealkylation sites (tertiary alicyclic amines) is 1. The zero-order valence-electron chi connectivity index (χ0n) is 14.0. The van der Waals surface area contributed by atoms with Gasteiger partial charge in [-0.05, 0) is 51.3 Å². The Hall–Kier alpha value is -1.67. The van der Waals surface area contributed by atoms with Gasteiger partial charge in [-0.15, -0.1) is 0 Å². The monoisotopic (exact) mass is 378 g/mol. The topological polar surface area (TPSA) is 55.6 Å². The molecule has 2 atom stereocenters. The quantitative estimate of drug-likeness (QED) is 0.547. The molecule has 4 nitrogen and oxygen atoms in total. The fourth-order valence-electron chi connectivity index (χ4n) is 2.51. The summed E-state index contributed by atoms with van der Waals surface area (Å²) in [6.45, 7) is 8.39. The average molecular weight is 379 g/mol. The van der Waals surface area contributed by atoms with Crippen LogP contribution in [0.15, 0.2) is 22.7 Å². The van der Waals surface area contributed by atoms with Gasteiger partial charge in [-0.3, -0.25) is 4.90 Å². The number of amides is 1. The summed E-state index contributed by atoms with van der Waals surface area (Å²) in [5.74, 6) is 6.70. The molecule has 0 radical (unpaired) electrons. The smallest absolute Gasteiger partial charge is 0.411 e. The van der Waals surface area contributed by atoms with Crippen molar-refractivity contribution in [3.8, 4) is 11.8 Å². The van der Waals surface area contributed by atoms with Gasteiger partial charge in [0.15, 0.2) is 0 Å². The highest BCUT2D eigenvalue weighted by molar-refractivity contribution is 9.10. The molecule has 1 saturated heterocycles. The van der Waals surface area contributed by atoms with Crippen LogP contribution in [0.4, 0.5) is 10.5 Å².